The lowest BCUT2D eigenvalue weighted by molar-refractivity contribution is 0.0984. The van der Waals surface area contributed by atoms with Crippen molar-refractivity contribution in [3.05, 3.63) is 0 Å². The van der Waals surface area contributed by atoms with Crippen LogP contribution in [0.2, 0.25) is 0 Å². The zero-order valence-corrected chi connectivity index (χ0v) is 6.58. The molecule has 0 aromatic carbocycles. The van der Waals surface area contributed by atoms with Gasteiger partial charge in [0.25, 0.3) is 0 Å². The maximum atomic E-state index is 13.6. The summed E-state index contributed by atoms with van der Waals surface area (Å²) < 4.78 is 13.6. The molecule has 0 aromatic rings. The minimum absolute atomic E-state index is 0.399. The predicted octanol–water partition coefficient (Wildman–Crippen LogP) is 0.425. The van der Waals surface area contributed by atoms with Gasteiger partial charge in [-0.05, 0) is 26.8 Å². The highest BCUT2D eigenvalue weighted by molar-refractivity contribution is 5.03. The van der Waals surface area contributed by atoms with Gasteiger partial charge >= 0.3 is 0 Å². The number of alkyl halides is 1. The molecule has 1 unspecified atom stereocenters. The second-order valence-corrected chi connectivity index (χ2v) is 3.61. The van der Waals surface area contributed by atoms with E-state index < -0.39 is 11.2 Å². The van der Waals surface area contributed by atoms with E-state index in [0.29, 0.717) is 13.0 Å². The van der Waals surface area contributed by atoms with Crippen molar-refractivity contribution < 1.29 is 4.39 Å². The van der Waals surface area contributed by atoms with E-state index in [1.54, 1.807) is 13.8 Å². The standard InChI is InChI=1S/C7H15FN2/c1-6(2,9)7(8)3-4-10-5-7/h10H,3-5,9H2,1-2H3. The van der Waals surface area contributed by atoms with Gasteiger partial charge in [0.15, 0.2) is 0 Å². The van der Waals surface area contributed by atoms with E-state index in [4.69, 9.17) is 5.73 Å². The Balaban J connectivity index is 2.67. The van der Waals surface area contributed by atoms with E-state index in [0.717, 1.165) is 6.54 Å². The lowest BCUT2D eigenvalue weighted by atomic mass is 9.85. The van der Waals surface area contributed by atoms with Gasteiger partial charge in [0.2, 0.25) is 0 Å². The van der Waals surface area contributed by atoms with Gasteiger partial charge in [0.05, 0.1) is 0 Å². The van der Waals surface area contributed by atoms with Crippen molar-refractivity contribution in [2.75, 3.05) is 13.1 Å². The highest BCUT2D eigenvalue weighted by Crippen LogP contribution is 2.29. The SMILES string of the molecule is CC(C)(N)C1(F)CCNC1. The van der Waals surface area contributed by atoms with E-state index in [-0.39, 0.29) is 0 Å². The summed E-state index contributed by atoms with van der Waals surface area (Å²) in [5.74, 6) is 0. The molecule has 1 rings (SSSR count). The molecule has 60 valence electrons. The van der Waals surface area contributed by atoms with Crippen LogP contribution in [-0.4, -0.2) is 24.3 Å². The number of hydrogen-bond acceptors (Lipinski definition) is 2. The molecule has 3 N–H and O–H groups in total. The average molecular weight is 146 g/mol. The first-order chi connectivity index (χ1) is 4.46. The van der Waals surface area contributed by atoms with Crippen LogP contribution in [0.15, 0.2) is 0 Å². The molecule has 0 spiro atoms. The lowest BCUT2D eigenvalue weighted by Gasteiger charge is -2.33. The van der Waals surface area contributed by atoms with Gasteiger partial charge < -0.3 is 11.1 Å². The van der Waals surface area contributed by atoms with Gasteiger partial charge in [-0.15, -0.1) is 0 Å². The van der Waals surface area contributed by atoms with Crippen LogP contribution in [0.4, 0.5) is 4.39 Å². The molecule has 3 heteroatoms. The molecule has 1 aliphatic rings. The van der Waals surface area contributed by atoms with Crippen LogP contribution in [0.3, 0.4) is 0 Å². The molecular weight excluding hydrogens is 131 g/mol. The van der Waals surface area contributed by atoms with Crippen molar-refractivity contribution in [2.45, 2.75) is 31.5 Å². The van der Waals surface area contributed by atoms with Crippen LogP contribution in [0.1, 0.15) is 20.3 Å². The monoisotopic (exact) mass is 146 g/mol. The summed E-state index contributed by atoms with van der Waals surface area (Å²) in [4.78, 5) is 0. The van der Waals surface area contributed by atoms with E-state index in [2.05, 4.69) is 5.32 Å². The first-order valence-electron chi connectivity index (χ1n) is 3.64. The third kappa shape index (κ3) is 1.16. The number of hydrogen-bond donors (Lipinski definition) is 2. The molecule has 0 aromatic heterocycles. The van der Waals surface area contributed by atoms with Crippen LogP contribution < -0.4 is 11.1 Å². The minimum atomic E-state index is -1.20. The Morgan fingerprint density at radius 1 is 1.60 bits per heavy atom. The van der Waals surface area contributed by atoms with Crippen LogP contribution in [0, 0.1) is 0 Å². The summed E-state index contributed by atoms with van der Waals surface area (Å²) in [5, 5.41) is 2.96. The third-order valence-corrected chi connectivity index (χ3v) is 2.26. The lowest BCUT2D eigenvalue weighted by Crippen LogP contribution is -2.54. The number of halogens is 1. The van der Waals surface area contributed by atoms with Crippen molar-refractivity contribution in [2.24, 2.45) is 5.73 Å². The minimum Gasteiger partial charge on any atom is -0.323 e. The van der Waals surface area contributed by atoms with E-state index >= 15 is 0 Å². The molecule has 0 amide bonds. The first kappa shape index (κ1) is 7.95. The Morgan fingerprint density at radius 3 is 2.40 bits per heavy atom. The summed E-state index contributed by atoms with van der Waals surface area (Å²) in [7, 11) is 0. The van der Waals surface area contributed by atoms with E-state index in [1.807, 2.05) is 0 Å². The molecule has 1 atom stereocenters. The van der Waals surface area contributed by atoms with Gasteiger partial charge in [-0.1, -0.05) is 0 Å². The van der Waals surface area contributed by atoms with Crippen molar-refractivity contribution in [3.63, 3.8) is 0 Å². The Kier molecular flexibility index (Phi) is 1.73. The van der Waals surface area contributed by atoms with Crippen molar-refractivity contribution in [1.29, 1.82) is 0 Å². The highest BCUT2D eigenvalue weighted by atomic mass is 19.1. The molecular formula is C7H15FN2. The largest absolute Gasteiger partial charge is 0.323 e. The molecule has 0 bridgehead atoms. The zero-order valence-electron chi connectivity index (χ0n) is 6.58. The second kappa shape index (κ2) is 2.17. The molecule has 0 radical (unpaired) electrons. The molecule has 1 fully saturated rings. The Labute approximate surface area is 61.0 Å². The highest BCUT2D eigenvalue weighted by Gasteiger charge is 2.45. The van der Waals surface area contributed by atoms with Crippen LogP contribution in [0.25, 0.3) is 0 Å². The van der Waals surface area contributed by atoms with Gasteiger partial charge in [0, 0.05) is 12.1 Å². The summed E-state index contributed by atoms with van der Waals surface area (Å²) in [6.45, 7) is 4.62. The van der Waals surface area contributed by atoms with Crippen molar-refractivity contribution in [1.82, 2.24) is 5.32 Å². The van der Waals surface area contributed by atoms with E-state index in [9.17, 15) is 4.39 Å². The molecule has 10 heavy (non-hydrogen) atoms. The molecule has 2 nitrogen and oxygen atoms in total. The fraction of sp³-hybridized carbons (Fsp3) is 1.00. The first-order valence-corrected chi connectivity index (χ1v) is 3.64. The Hall–Kier alpha value is -0.150. The number of nitrogens with two attached hydrogens (primary N) is 1. The topological polar surface area (TPSA) is 38.0 Å². The Bertz CT molecular complexity index is 122. The summed E-state index contributed by atoms with van der Waals surface area (Å²) in [6, 6.07) is 0. The maximum absolute atomic E-state index is 13.6. The van der Waals surface area contributed by atoms with Crippen LogP contribution in [0.5, 0.6) is 0 Å². The van der Waals surface area contributed by atoms with Crippen molar-refractivity contribution >= 4 is 0 Å². The van der Waals surface area contributed by atoms with Gasteiger partial charge in [-0.2, -0.15) is 0 Å². The molecule has 0 aliphatic carbocycles. The summed E-state index contributed by atoms with van der Waals surface area (Å²) in [5.41, 5.74) is 3.75. The number of rotatable bonds is 1. The van der Waals surface area contributed by atoms with Crippen LogP contribution >= 0.6 is 0 Å². The maximum Gasteiger partial charge on any atom is 0.141 e. The predicted molar refractivity (Wildman–Crippen MR) is 39.6 cm³/mol. The number of nitrogens with one attached hydrogen (secondary N) is 1. The van der Waals surface area contributed by atoms with E-state index in [1.165, 1.54) is 0 Å². The fourth-order valence-corrected chi connectivity index (χ4v) is 1.21. The zero-order chi connectivity index (χ0) is 7.83. The molecule has 1 saturated heterocycles. The quantitative estimate of drug-likeness (QED) is 0.563. The van der Waals surface area contributed by atoms with Crippen LogP contribution in [-0.2, 0) is 0 Å². The van der Waals surface area contributed by atoms with Gasteiger partial charge in [0.1, 0.15) is 5.67 Å². The van der Waals surface area contributed by atoms with Gasteiger partial charge in [-0.3, -0.25) is 0 Å². The molecule has 1 aliphatic heterocycles. The third-order valence-electron chi connectivity index (χ3n) is 2.26. The molecule has 1 heterocycles. The summed E-state index contributed by atoms with van der Waals surface area (Å²) >= 11 is 0. The fourth-order valence-electron chi connectivity index (χ4n) is 1.21. The van der Waals surface area contributed by atoms with Crippen molar-refractivity contribution in [3.8, 4) is 0 Å². The normalized spacial score (nSPS) is 34.8. The molecule has 0 saturated carbocycles. The van der Waals surface area contributed by atoms with Gasteiger partial charge in [-0.25, -0.2) is 4.39 Å². The summed E-state index contributed by atoms with van der Waals surface area (Å²) in [6.07, 6.45) is 0.538. The second-order valence-electron chi connectivity index (χ2n) is 3.61. The Morgan fingerprint density at radius 2 is 2.20 bits per heavy atom. The average Bonchev–Trinajstić information content (AvgIpc) is 2.13. The smallest absolute Gasteiger partial charge is 0.141 e.